The predicted octanol–water partition coefficient (Wildman–Crippen LogP) is 3.09. The van der Waals surface area contributed by atoms with Gasteiger partial charge in [0.25, 0.3) is 0 Å². The van der Waals surface area contributed by atoms with Crippen LogP contribution in [0, 0.1) is 5.92 Å². The van der Waals surface area contributed by atoms with Gasteiger partial charge in [0.1, 0.15) is 6.04 Å². The molecule has 1 saturated carbocycles. The van der Waals surface area contributed by atoms with Gasteiger partial charge in [-0.3, -0.25) is 0 Å². The van der Waals surface area contributed by atoms with Crippen molar-refractivity contribution in [3.05, 3.63) is 29.3 Å². The van der Waals surface area contributed by atoms with Gasteiger partial charge >= 0.3 is 5.97 Å². The Labute approximate surface area is 106 Å². The first-order chi connectivity index (χ1) is 8.20. The lowest BCUT2D eigenvalue weighted by atomic mass is 10.1. The van der Waals surface area contributed by atoms with E-state index in [-0.39, 0.29) is 12.0 Å². The van der Waals surface area contributed by atoms with Gasteiger partial charge < -0.3 is 10.1 Å². The van der Waals surface area contributed by atoms with Crippen molar-refractivity contribution in [3.63, 3.8) is 0 Å². The summed E-state index contributed by atoms with van der Waals surface area (Å²) in [5.74, 6) is 0.225. The molecule has 2 rings (SSSR count). The number of carbonyl (C=O) groups excluding carboxylic acids is 1. The SMILES string of the molecule is CCOC(=O)C(Nc1cccc(Cl)c1)C1CC1. The summed E-state index contributed by atoms with van der Waals surface area (Å²) in [5.41, 5.74) is 0.863. The first-order valence-electron chi connectivity index (χ1n) is 5.89. The maximum absolute atomic E-state index is 11.8. The van der Waals surface area contributed by atoms with Crippen molar-refractivity contribution in [2.75, 3.05) is 11.9 Å². The molecule has 1 atom stereocenters. The van der Waals surface area contributed by atoms with Gasteiger partial charge in [0.2, 0.25) is 0 Å². The van der Waals surface area contributed by atoms with Crippen LogP contribution in [0.3, 0.4) is 0 Å². The number of anilines is 1. The van der Waals surface area contributed by atoms with Crippen molar-refractivity contribution in [1.82, 2.24) is 0 Å². The zero-order valence-electron chi connectivity index (χ0n) is 9.78. The fourth-order valence-corrected chi connectivity index (χ4v) is 1.98. The maximum atomic E-state index is 11.8. The van der Waals surface area contributed by atoms with Crippen LogP contribution in [-0.4, -0.2) is 18.6 Å². The second kappa shape index (κ2) is 5.41. The average Bonchev–Trinajstić information content (AvgIpc) is 3.10. The largest absolute Gasteiger partial charge is 0.464 e. The second-order valence-electron chi connectivity index (χ2n) is 4.22. The Bertz CT molecular complexity index is 404. The molecule has 1 unspecified atom stereocenters. The normalized spacial score (nSPS) is 16.4. The highest BCUT2D eigenvalue weighted by Gasteiger charge is 2.37. The van der Waals surface area contributed by atoms with Crippen molar-refractivity contribution in [3.8, 4) is 0 Å². The summed E-state index contributed by atoms with van der Waals surface area (Å²) >= 11 is 5.91. The van der Waals surface area contributed by atoms with Gasteiger partial charge in [-0.05, 0) is 43.9 Å². The Morgan fingerprint density at radius 1 is 1.59 bits per heavy atom. The molecule has 1 aromatic carbocycles. The molecule has 0 amide bonds. The van der Waals surface area contributed by atoms with Gasteiger partial charge in [-0.2, -0.15) is 0 Å². The van der Waals surface area contributed by atoms with Gasteiger partial charge in [-0.15, -0.1) is 0 Å². The van der Waals surface area contributed by atoms with Crippen LogP contribution in [0.25, 0.3) is 0 Å². The van der Waals surface area contributed by atoms with Crippen molar-refractivity contribution in [2.24, 2.45) is 5.92 Å². The lowest BCUT2D eigenvalue weighted by Gasteiger charge is -2.17. The molecule has 0 spiro atoms. The Kier molecular flexibility index (Phi) is 3.89. The van der Waals surface area contributed by atoms with Gasteiger partial charge in [0.05, 0.1) is 6.61 Å². The highest BCUT2D eigenvalue weighted by atomic mass is 35.5. The third-order valence-electron chi connectivity index (χ3n) is 2.78. The molecule has 1 N–H and O–H groups in total. The van der Waals surface area contributed by atoms with Gasteiger partial charge in [-0.1, -0.05) is 17.7 Å². The molecule has 1 aliphatic carbocycles. The summed E-state index contributed by atoms with van der Waals surface area (Å²) in [5, 5.41) is 3.87. The van der Waals surface area contributed by atoms with Gasteiger partial charge in [-0.25, -0.2) is 4.79 Å². The molecule has 0 bridgehead atoms. The van der Waals surface area contributed by atoms with E-state index in [1.807, 2.05) is 31.2 Å². The van der Waals surface area contributed by atoms with E-state index in [9.17, 15) is 4.79 Å². The molecule has 4 heteroatoms. The van der Waals surface area contributed by atoms with Gasteiger partial charge in [0, 0.05) is 10.7 Å². The number of esters is 1. The van der Waals surface area contributed by atoms with Crippen molar-refractivity contribution in [2.45, 2.75) is 25.8 Å². The highest BCUT2D eigenvalue weighted by Crippen LogP contribution is 2.35. The quantitative estimate of drug-likeness (QED) is 0.820. The highest BCUT2D eigenvalue weighted by molar-refractivity contribution is 6.30. The van der Waals surface area contributed by atoms with E-state index >= 15 is 0 Å². The van der Waals surface area contributed by atoms with E-state index in [0.717, 1.165) is 18.5 Å². The molecule has 0 aliphatic heterocycles. The van der Waals surface area contributed by atoms with Gasteiger partial charge in [0.15, 0.2) is 0 Å². The van der Waals surface area contributed by atoms with E-state index in [0.29, 0.717) is 17.5 Å². The predicted molar refractivity (Wildman–Crippen MR) is 68.2 cm³/mol. The summed E-state index contributed by atoms with van der Waals surface area (Å²) in [7, 11) is 0. The fourth-order valence-electron chi connectivity index (χ4n) is 1.79. The molecule has 0 saturated heterocycles. The third-order valence-corrected chi connectivity index (χ3v) is 3.02. The molecule has 0 heterocycles. The lowest BCUT2D eigenvalue weighted by Crippen LogP contribution is -2.33. The molecule has 0 radical (unpaired) electrons. The Hall–Kier alpha value is -1.22. The summed E-state index contributed by atoms with van der Waals surface area (Å²) in [6.45, 7) is 2.24. The molecule has 3 nitrogen and oxygen atoms in total. The zero-order valence-corrected chi connectivity index (χ0v) is 10.5. The fraction of sp³-hybridized carbons (Fsp3) is 0.462. The number of ether oxygens (including phenoxy) is 1. The minimum absolute atomic E-state index is 0.171. The monoisotopic (exact) mass is 253 g/mol. The molecular weight excluding hydrogens is 238 g/mol. The Balaban J connectivity index is 2.05. The molecule has 1 aromatic rings. The van der Waals surface area contributed by atoms with Crippen LogP contribution in [-0.2, 0) is 9.53 Å². The van der Waals surface area contributed by atoms with Crippen LogP contribution in [0.5, 0.6) is 0 Å². The van der Waals surface area contributed by atoms with E-state index in [1.165, 1.54) is 0 Å². The van der Waals surface area contributed by atoms with Crippen LogP contribution in [0.2, 0.25) is 5.02 Å². The van der Waals surface area contributed by atoms with Crippen molar-refractivity contribution < 1.29 is 9.53 Å². The maximum Gasteiger partial charge on any atom is 0.328 e. The van der Waals surface area contributed by atoms with Crippen molar-refractivity contribution in [1.29, 1.82) is 0 Å². The molecular formula is C13H16ClNO2. The summed E-state index contributed by atoms with van der Waals surface area (Å²) in [4.78, 5) is 11.8. The topological polar surface area (TPSA) is 38.3 Å². The Morgan fingerprint density at radius 3 is 2.94 bits per heavy atom. The molecule has 1 fully saturated rings. The number of carbonyl (C=O) groups is 1. The molecule has 1 aliphatic rings. The first-order valence-corrected chi connectivity index (χ1v) is 6.27. The number of halogens is 1. The summed E-state index contributed by atoms with van der Waals surface area (Å²) in [6.07, 6.45) is 2.16. The van der Waals surface area contributed by atoms with E-state index in [2.05, 4.69) is 5.32 Å². The number of hydrogen-bond donors (Lipinski definition) is 1. The number of hydrogen-bond acceptors (Lipinski definition) is 3. The summed E-state index contributed by atoms with van der Waals surface area (Å²) in [6, 6.07) is 7.15. The van der Waals surface area contributed by atoms with E-state index in [4.69, 9.17) is 16.3 Å². The zero-order chi connectivity index (χ0) is 12.3. The average molecular weight is 254 g/mol. The summed E-state index contributed by atoms with van der Waals surface area (Å²) < 4.78 is 5.07. The molecule has 0 aromatic heterocycles. The van der Waals surface area contributed by atoms with Crippen LogP contribution in [0.1, 0.15) is 19.8 Å². The minimum Gasteiger partial charge on any atom is -0.464 e. The third kappa shape index (κ3) is 3.37. The van der Waals surface area contributed by atoms with Crippen LogP contribution < -0.4 is 5.32 Å². The lowest BCUT2D eigenvalue weighted by molar-refractivity contribution is -0.144. The number of nitrogens with one attached hydrogen (secondary N) is 1. The van der Waals surface area contributed by atoms with Crippen molar-refractivity contribution >= 4 is 23.3 Å². The first kappa shape index (κ1) is 12.2. The van der Waals surface area contributed by atoms with Crippen LogP contribution >= 0.6 is 11.6 Å². The standard InChI is InChI=1S/C13H16ClNO2/c1-2-17-13(16)12(9-6-7-9)15-11-5-3-4-10(14)8-11/h3-5,8-9,12,15H,2,6-7H2,1H3. The molecule has 92 valence electrons. The smallest absolute Gasteiger partial charge is 0.328 e. The number of rotatable bonds is 5. The molecule has 17 heavy (non-hydrogen) atoms. The minimum atomic E-state index is -0.242. The van der Waals surface area contributed by atoms with E-state index < -0.39 is 0 Å². The number of benzene rings is 1. The second-order valence-corrected chi connectivity index (χ2v) is 4.66. The van der Waals surface area contributed by atoms with E-state index in [1.54, 1.807) is 0 Å². The van der Waals surface area contributed by atoms with Crippen LogP contribution in [0.4, 0.5) is 5.69 Å². The Morgan fingerprint density at radius 2 is 2.35 bits per heavy atom. The van der Waals surface area contributed by atoms with Crippen LogP contribution in [0.15, 0.2) is 24.3 Å².